The molecule has 2 saturated heterocycles. The van der Waals surface area contributed by atoms with Crippen molar-refractivity contribution in [3.05, 3.63) is 69.4 Å². The minimum absolute atomic E-state index is 0. The SMILES string of the molecule is COc1ccc([C@@H](C)NC(=O)c2cc(N3CC4C[C@@H]3CN4C)ccc2C)cc1-c1csc(C(=O)N(C)C)c1.[HH]. The molecule has 202 valence electrons. The molecule has 2 aromatic carbocycles. The number of carbonyl (C=O) groups excluding carboxylic acids is 2. The number of aryl methyl sites for hydroxylation is 1. The van der Waals surface area contributed by atoms with E-state index in [2.05, 4.69) is 34.3 Å². The summed E-state index contributed by atoms with van der Waals surface area (Å²) in [6.07, 6.45) is 1.19. The Bertz CT molecular complexity index is 1370. The lowest BCUT2D eigenvalue weighted by atomic mass is 9.99. The predicted octanol–water partition coefficient (Wildman–Crippen LogP) is 5.06. The number of likely N-dealkylation sites (N-methyl/N-ethyl adjacent to an activating group) is 1. The molecule has 3 heterocycles. The van der Waals surface area contributed by atoms with Gasteiger partial charge in [0.25, 0.3) is 11.8 Å². The molecule has 5 rings (SSSR count). The highest BCUT2D eigenvalue weighted by atomic mass is 32.1. The van der Waals surface area contributed by atoms with Crippen molar-refractivity contribution in [3.8, 4) is 16.9 Å². The average Bonchev–Trinajstić information content (AvgIpc) is 3.64. The molecule has 3 atom stereocenters. The number of hydrogen-bond donors (Lipinski definition) is 1. The summed E-state index contributed by atoms with van der Waals surface area (Å²) in [5.74, 6) is 0.622. The van der Waals surface area contributed by atoms with Gasteiger partial charge in [-0.3, -0.25) is 14.5 Å². The van der Waals surface area contributed by atoms with Crippen LogP contribution in [-0.4, -0.2) is 75.0 Å². The number of carbonyl (C=O) groups is 2. The van der Waals surface area contributed by atoms with E-state index in [1.165, 1.54) is 17.8 Å². The molecular weight excluding hydrogens is 496 g/mol. The fraction of sp³-hybridized carbons (Fsp3) is 0.400. The Morgan fingerprint density at radius 1 is 1.13 bits per heavy atom. The van der Waals surface area contributed by atoms with Crippen LogP contribution in [0.4, 0.5) is 5.69 Å². The third-order valence-corrected chi connectivity index (χ3v) is 8.83. The van der Waals surface area contributed by atoms with Crippen LogP contribution in [0.5, 0.6) is 5.75 Å². The van der Waals surface area contributed by atoms with E-state index >= 15 is 0 Å². The van der Waals surface area contributed by atoms with Gasteiger partial charge in [-0.15, -0.1) is 11.3 Å². The van der Waals surface area contributed by atoms with Crippen LogP contribution in [0, 0.1) is 6.92 Å². The second-order valence-corrected chi connectivity index (χ2v) is 11.6. The van der Waals surface area contributed by atoms with Crippen molar-refractivity contribution in [2.24, 2.45) is 0 Å². The highest BCUT2D eigenvalue weighted by Crippen LogP contribution is 2.36. The topological polar surface area (TPSA) is 65.1 Å². The summed E-state index contributed by atoms with van der Waals surface area (Å²) in [6, 6.07) is 15.0. The minimum atomic E-state index is -0.215. The Hall–Kier alpha value is -3.36. The zero-order valence-corrected chi connectivity index (χ0v) is 23.8. The lowest BCUT2D eigenvalue weighted by Gasteiger charge is -2.34. The number of nitrogens with one attached hydrogen (secondary N) is 1. The van der Waals surface area contributed by atoms with Gasteiger partial charge in [0.05, 0.1) is 18.0 Å². The average molecular weight is 535 g/mol. The normalized spacial score (nSPS) is 19.5. The Morgan fingerprint density at radius 3 is 2.58 bits per heavy atom. The zero-order chi connectivity index (χ0) is 27.1. The molecule has 1 N–H and O–H groups in total. The van der Waals surface area contributed by atoms with Gasteiger partial charge in [-0.05, 0) is 79.7 Å². The Balaban J connectivity index is 0.00000353. The first-order valence-electron chi connectivity index (χ1n) is 13.0. The van der Waals surface area contributed by atoms with Crippen LogP contribution in [0.1, 0.15) is 52.0 Å². The first kappa shape index (κ1) is 26.3. The van der Waals surface area contributed by atoms with E-state index in [4.69, 9.17) is 4.74 Å². The van der Waals surface area contributed by atoms with Crippen molar-refractivity contribution < 1.29 is 15.8 Å². The van der Waals surface area contributed by atoms with Crippen LogP contribution in [-0.2, 0) is 0 Å². The molecular formula is C30H38N4O3S. The molecule has 1 aromatic heterocycles. The standard InChI is InChI=1S/C30H36N4O3S.H2/c1-18-7-9-22(34-16-23-13-24(34)15-33(23)5)14-25(18)29(35)31-19(2)20-8-10-27(37-6)26(11-20)21-12-28(38-17-21)30(36)32(3)4;/h7-12,14,17,19,23-24H,13,15-16H2,1-6H3,(H,31,35);1H/t19-,23?,24-;/m1./s1. The number of hydrogen-bond acceptors (Lipinski definition) is 6. The van der Waals surface area contributed by atoms with Crippen LogP contribution in [0.3, 0.4) is 0 Å². The lowest BCUT2D eigenvalue weighted by Crippen LogP contribution is -2.44. The van der Waals surface area contributed by atoms with E-state index in [1.807, 2.05) is 49.6 Å². The molecule has 0 radical (unpaired) electrons. The van der Waals surface area contributed by atoms with Crippen molar-refractivity contribution >= 4 is 28.8 Å². The van der Waals surface area contributed by atoms with E-state index in [1.54, 1.807) is 26.1 Å². The van der Waals surface area contributed by atoms with Crippen molar-refractivity contribution in [2.45, 2.75) is 38.4 Å². The van der Waals surface area contributed by atoms with Gasteiger partial charge in [0.15, 0.2) is 0 Å². The molecule has 8 heteroatoms. The van der Waals surface area contributed by atoms with Crippen LogP contribution >= 0.6 is 11.3 Å². The Morgan fingerprint density at radius 2 is 1.92 bits per heavy atom. The maximum atomic E-state index is 13.4. The molecule has 1 unspecified atom stereocenters. The number of anilines is 1. The quantitative estimate of drug-likeness (QED) is 0.459. The number of ether oxygens (including phenoxy) is 1. The highest BCUT2D eigenvalue weighted by Gasteiger charge is 2.41. The Labute approximate surface area is 230 Å². The maximum Gasteiger partial charge on any atom is 0.263 e. The van der Waals surface area contributed by atoms with E-state index in [9.17, 15) is 9.59 Å². The largest absolute Gasteiger partial charge is 0.496 e. The molecule has 2 bridgehead atoms. The summed E-state index contributed by atoms with van der Waals surface area (Å²) < 4.78 is 5.62. The summed E-state index contributed by atoms with van der Waals surface area (Å²) in [5, 5.41) is 5.17. The van der Waals surface area contributed by atoms with Crippen molar-refractivity contribution in [3.63, 3.8) is 0 Å². The van der Waals surface area contributed by atoms with Gasteiger partial charge < -0.3 is 19.9 Å². The smallest absolute Gasteiger partial charge is 0.263 e. The van der Waals surface area contributed by atoms with E-state index in [0.717, 1.165) is 46.8 Å². The fourth-order valence-electron chi connectivity index (χ4n) is 5.60. The first-order valence-corrected chi connectivity index (χ1v) is 13.9. The number of thiophene rings is 1. The van der Waals surface area contributed by atoms with Crippen molar-refractivity contribution in [1.82, 2.24) is 15.1 Å². The van der Waals surface area contributed by atoms with Gasteiger partial charge in [-0.2, -0.15) is 0 Å². The second-order valence-electron chi connectivity index (χ2n) is 10.7. The Kier molecular flexibility index (Phi) is 7.20. The molecule has 3 aromatic rings. The summed E-state index contributed by atoms with van der Waals surface area (Å²) in [6.45, 7) is 6.07. The third kappa shape index (κ3) is 4.90. The maximum absolute atomic E-state index is 13.4. The predicted molar refractivity (Wildman–Crippen MR) is 156 cm³/mol. The third-order valence-electron chi connectivity index (χ3n) is 7.91. The number of nitrogens with zero attached hydrogens (tertiary/aromatic N) is 3. The number of rotatable bonds is 7. The van der Waals surface area contributed by atoms with Crippen LogP contribution in [0.25, 0.3) is 11.1 Å². The molecule has 0 aliphatic carbocycles. The summed E-state index contributed by atoms with van der Waals surface area (Å²) >= 11 is 1.42. The summed E-state index contributed by atoms with van der Waals surface area (Å²) in [4.78, 5) is 33.0. The molecule has 0 saturated carbocycles. The molecule has 2 fully saturated rings. The van der Waals surface area contributed by atoms with E-state index in [0.29, 0.717) is 22.5 Å². The van der Waals surface area contributed by atoms with Gasteiger partial charge in [-0.25, -0.2) is 0 Å². The molecule has 38 heavy (non-hydrogen) atoms. The minimum Gasteiger partial charge on any atom is -0.496 e. The second kappa shape index (κ2) is 10.4. The molecule has 2 amide bonds. The summed E-state index contributed by atoms with van der Waals surface area (Å²) in [7, 11) is 7.33. The number of amides is 2. The molecule has 0 spiro atoms. The van der Waals surface area contributed by atoms with Crippen LogP contribution in [0.2, 0.25) is 0 Å². The fourth-order valence-corrected chi connectivity index (χ4v) is 6.53. The van der Waals surface area contributed by atoms with Gasteiger partial charge in [-0.1, -0.05) is 12.1 Å². The number of likely N-dealkylation sites (tertiary alicyclic amines) is 1. The van der Waals surface area contributed by atoms with E-state index in [-0.39, 0.29) is 19.3 Å². The molecule has 2 aliphatic heterocycles. The summed E-state index contributed by atoms with van der Waals surface area (Å²) in [5.41, 5.74) is 5.59. The van der Waals surface area contributed by atoms with Crippen molar-refractivity contribution in [1.29, 1.82) is 0 Å². The molecule has 7 nitrogen and oxygen atoms in total. The number of methoxy groups -OCH3 is 1. The first-order chi connectivity index (χ1) is 18.2. The molecule has 2 aliphatic rings. The zero-order valence-electron chi connectivity index (χ0n) is 22.9. The van der Waals surface area contributed by atoms with Gasteiger partial charge in [0, 0.05) is 57.5 Å². The van der Waals surface area contributed by atoms with Gasteiger partial charge in [0.1, 0.15) is 5.75 Å². The van der Waals surface area contributed by atoms with E-state index < -0.39 is 0 Å². The lowest BCUT2D eigenvalue weighted by molar-refractivity contribution is 0.0831. The monoisotopic (exact) mass is 534 g/mol. The van der Waals surface area contributed by atoms with Gasteiger partial charge >= 0.3 is 0 Å². The van der Waals surface area contributed by atoms with Crippen LogP contribution in [0.15, 0.2) is 47.8 Å². The number of piperazine rings is 1. The highest BCUT2D eigenvalue weighted by molar-refractivity contribution is 7.12. The van der Waals surface area contributed by atoms with Gasteiger partial charge in [0.2, 0.25) is 0 Å². The number of fused-ring (bicyclic) bond motifs is 2. The number of benzene rings is 2. The van der Waals surface area contributed by atoms with Crippen LogP contribution < -0.4 is 15.0 Å². The van der Waals surface area contributed by atoms with Crippen molar-refractivity contribution in [2.75, 3.05) is 46.2 Å².